The van der Waals surface area contributed by atoms with Crippen LogP contribution in [0.5, 0.6) is 0 Å². The monoisotopic (exact) mass is 453 g/mol. The molecule has 1 amide bonds. The Kier molecular flexibility index (Phi) is 5.21. The molecule has 3 aromatic carbocycles. The first kappa shape index (κ1) is 21.5. The van der Waals surface area contributed by atoms with Crippen molar-refractivity contribution in [2.45, 2.75) is 16.7 Å². The van der Waals surface area contributed by atoms with Gasteiger partial charge in [-0.25, -0.2) is 17.6 Å². The average Bonchev–Trinajstić information content (AvgIpc) is 2.97. The van der Waals surface area contributed by atoms with Crippen molar-refractivity contribution in [3.63, 3.8) is 0 Å². The van der Waals surface area contributed by atoms with Gasteiger partial charge in [-0.3, -0.25) is 13.9 Å². The molecule has 0 unspecified atom stereocenters. The van der Waals surface area contributed by atoms with Gasteiger partial charge in [0.15, 0.2) is 0 Å². The molecule has 4 rings (SSSR count). The summed E-state index contributed by atoms with van der Waals surface area (Å²) in [5.41, 5.74) is 1.84. The molecule has 0 saturated carbocycles. The van der Waals surface area contributed by atoms with Gasteiger partial charge in [-0.2, -0.15) is 0 Å². The Morgan fingerprint density at radius 1 is 0.906 bits per heavy atom. The van der Waals surface area contributed by atoms with Crippen LogP contribution in [-0.2, 0) is 23.9 Å². The van der Waals surface area contributed by atoms with Gasteiger partial charge in [-0.05, 0) is 55.5 Å². The second-order valence-corrected chi connectivity index (χ2v) is 9.43. The standard InChI is InChI=1S/C23H20FN3O4S/c1-14-4-6-15(7-5-14)22(28)25-18-12-19-20(27(3)23(29)26(19)2)13-21(18)32(30,31)17-10-8-16(24)9-11-17/h4-13H,1-3H3,(H,25,28). The third-order valence-corrected chi connectivity index (χ3v) is 7.16. The number of fused-ring (bicyclic) bond motifs is 1. The number of hydrogen-bond acceptors (Lipinski definition) is 4. The first-order chi connectivity index (χ1) is 15.1. The highest BCUT2D eigenvalue weighted by Gasteiger charge is 2.25. The van der Waals surface area contributed by atoms with E-state index >= 15 is 0 Å². The van der Waals surface area contributed by atoms with Crippen LogP contribution in [0.2, 0.25) is 0 Å². The van der Waals surface area contributed by atoms with Crippen molar-refractivity contribution in [1.82, 2.24) is 9.13 Å². The highest BCUT2D eigenvalue weighted by molar-refractivity contribution is 7.91. The van der Waals surface area contributed by atoms with E-state index in [1.807, 2.05) is 6.92 Å². The lowest BCUT2D eigenvalue weighted by atomic mass is 10.1. The Hall–Kier alpha value is -3.72. The van der Waals surface area contributed by atoms with E-state index in [1.54, 1.807) is 31.3 Å². The minimum absolute atomic E-state index is 0.0219. The number of benzene rings is 3. The Morgan fingerprint density at radius 3 is 2.06 bits per heavy atom. The second kappa shape index (κ2) is 7.76. The van der Waals surface area contributed by atoms with Gasteiger partial charge in [-0.15, -0.1) is 0 Å². The summed E-state index contributed by atoms with van der Waals surface area (Å²) >= 11 is 0. The van der Waals surface area contributed by atoms with E-state index in [1.165, 1.54) is 28.3 Å². The summed E-state index contributed by atoms with van der Waals surface area (Å²) in [6.45, 7) is 1.89. The van der Waals surface area contributed by atoms with Crippen molar-refractivity contribution in [3.05, 3.63) is 88.1 Å². The smallest absolute Gasteiger partial charge is 0.321 e. The molecule has 0 saturated heterocycles. The SMILES string of the molecule is Cc1ccc(C(=O)Nc2cc3c(cc2S(=O)(=O)c2ccc(F)cc2)n(C)c(=O)n3C)cc1. The predicted molar refractivity (Wildman–Crippen MR) is 119 cm³/mol. The fraction of sp³-hybridized carbons (Fsp3) is 0.130. The second-order valence-electron chi connectivity index (χ2n) is 7.52. The zero-order valence-corrected chi connectivity index (χ0v) is 18.4. The highest BCUT2D eigenvalue weighted by atomic mass is 32.2. The lowest BCUT2D eigenvalue weighted by Gasteiger charge is -2.13. The number of halogens is 1. The maximum Gasteiger partial charge on any atom is 0.328 e. The van der Waals surface area contributed by atoms with Gasteiger partial charge in [0.05, 0.1) is 26.5 Å². The molecule has 32 heavy (non-hydrogen) atoms. The minimum atomic E-state index is -4.14. The Labute approximate surface area is 183 Å². The number of hydrogen-bond donors (Lipinski definition) is 1. The molecule has 0 atom stereocenters. The molecule has 1 aromatic heterocycles. The van der Waals surface area contributed by atoms with Crippen LogP contribution in [0.1, 0.15) is 15.9 Å². The highest BCUT2D eigenvalue weighted by Crippen LogP contribution is 2.32. The Morgan fingerprint density at radius 2 is 1.47 bits per heavy atom. The van der Waals surface area contributed by atoms with Crippen molar-refractivity contribution in [3.8, 4) is 0 Å². The van der Waals surface area contributed by atoms with Gasteiger partial charge in [0.2, 0.25) is 9.84 Å². The Balaban J connectivity index is 1.92. The molecule has 0 radical (unpaired) electrons. The summed E-state index contributed by atoms with van der Waals surface area (Å²) in [4.78, 5) is 24.9. The number of carbonyl (C=O) groups excluding carboxylic acids is 1. The molecular weight excluding hydrogens is 433 g/mol. The molecule has 0 aliphatic carbocycles. The summed E-state index contributed by atoms with van der Waals surface area (Å²) in [6, 6.07) is 14.0. The van der Waals surface area contributed by atoms with Gasteiger partial charge < -0.3 is 5.32 Å². The average molecular weight is 453 g/mol. The van der Waals surface area contributed by atoms with E-state index in [9.17, 15) is 22.4 Å². The molecule has 0 aliphatic rings. The molecule has 0 aliphatic heterocycles. The molecule has 0 bridgehead atoms. The van der Waals surface area contributed by atoms with Crippen molar-refractivity contribution < 1.29 is 17.6 Å². The molecule has 9 heteroatoms. The zero-order chi connectivity index (χ0) is 23.2. The van der Waals surface area contributed by atoms with Crippen LogP contribution in [0.15, 0.2) is 75.2 Å². The molecular formula is C23H20FN3O4S. The lowest BCUT2D eigenvalue weighted by Crippen LogP contribution is -2.19. The van der Waals surface area contributed by atoms with Crippen LogP contribution in [0.25, 0.3) is 11.0 Å². The van der Waals surface area contributed by atoms with E-state index in [0.29, 0.717) is 16.6 Å². The van der Waals surface area contributed by atoms with E-state index in [2.05, 4.69) is 5.32 Å². The van der Waals surface area contributed by atoms with Gasteiger partial charge in [0.1, 0.15) is 5.82 Å². The molecule has 0 fully saturated rings. The third-order valence-electron chi connectivity index (χ3n) is 5.35. The summed E-state index contributed by atoms with van der Waals surface area (Å²) in [7, 11) is -1.05. The first-order valence-corrected chi connectivity index (χ1v) is 11.2. The summed E-state index contributed by atoms with van der Waals surface area (Å²) in [5, 5.41) is 2.66. The number of anilines is 1. The van der Waals surface area contributed by atoms with E-state index in [4.69, 9.17) is 0 Å². The largest absolute Gasteiger partial charge is 0.328 e. The molecule has 7 nitrogen and oxygen atoms in total. The minimum Gasteiger partial charge on any atom is -0.321 e. The fourth-order valence-corrected chi connectivity index (χ4v) is 4.90. The fourth-order valence-electron chi connectivity index (χ4n) is 3.49. The maximum atomic E-state index is 13.4. The van der Waals surface area contributed by atoms with Crippen LogP contribution in [0.3, 0.4) is 0 Å². The summed E-state index contributed by atoms with van der Waals surface area (Å²) in [5.74, 6) is -1.07. The predicted octanol–water partition coefficient (Wildman–Crippen LogP) is 3.41. The van der Waals surface area contributed by atoms with Gasteiger partial charge in [0, 0.05) is 19.7 Å². The van der Waals surface area contributed by atoms with Gasteiger partial charge in [0.25, 0.3) is 5.91 Å². The van der Waals surface area contributed by atoms with Gasteiger partial charge in [-0.1, -0.05) is 17.7 Å². The maximum absolute atomic E-state index is 13.4. The zero-order valence-electron chi connectivity index (χ0n) is 17.6. The first-order valence-electron chi connectivity index (χ1n) is 9.68. The van der Waals surface area contributed by atoms with Crippen molar-refractivity contribution >= 4 is 32.5 Å². The van der Waals surface area contributed by atoms with E-state index in [-0.39, 0.29) is 21.2 Å². The van der Waals surface area contributed by atoms with Gasteiger partial charge >= 0.3 is 5.69 Å². The van der Waals surface area contributed by atoms with E-state index in [0.717, 1.165) is 29.8 Å². The normalized spacial score (nSPS) is 11.6. The van der Waals surface area contributed by atoms with Crippen molar-refractivity contribution in [2.75, 3.05) is 5.32 Å². The van der Waals surface area contributed by atoms with Crippen LogP contribution in [0.4, 0.5) is 10.1 Å². The number of rotatable bonds is 4. The number of nitrogens with zero attached hydrogens (tertiary/aromatic N) is 2. The molecule has 4 aromatic rings. The number of aromatic nitrogens is 2. The molecule has 0 spiro atoms. The molecule has 164 valence electrons. The van der Waals surface area contributed by atoms with Crippen molar-refractivity contribution in [1.29, 1.82) is 0 Å². The Bertz CT molecular complexity index is 1520. The number of amides is 1. The third kappa shape index (κ3) is 3.60. The number of imidazole rings is 1. The quantitative estimate of drug-likeness (QED) is 0.480. The number of nitrogens with one attached hydrogen (secondary N) is 1. The van der Waals surface area contributed by atoms with Crippen molar-refractivity contribution in [2.24, 2.45) is 14.1 Å². The van der Waals surface area contributed by atoms with Crippen LogP contribution in [-0.4, -0.2) is 23.5 Å². The lowest BCUT2D eigenvalue weighted by molar-refractivity contribution is 0.102. The summed E-state index contributed by atoms with van der Waals surface area (Å²) in [6.07, 6.45) is 0. The summed E-state index contributed by atoms with van der Waals surface area (Å²) < 4.78 is 42.9. The van der Waals surface area contributed by atoms with Crippen LogP contribution >= 0.6 is 0 Å². The molecule has 1 N–H and O–H groups in total. The van der Waals surface area contributed by atoms with E-state index < -0.39 is 21.6 Å². The van der Waals surface area contributed by atoms with Crippen LogP contribution in [0, 0.1) is 12.7 Å². The number of carbonyl (C=O) groups is 1. The van der Waals surface area contributed by atoms with Crippen LogP contribution < -0.4 is 11.0 Å². The molecule has 1 heterocycles. The number of aryl methyl sites for hydroxylation is 3. The topological polar surface area (TPSA) is 90.2 Å². The number of sulfone groups is 1.